The van der Waals surface area contributed by atoms with Crippen molar-refractivity contribution in [2.45, 2.75) is 80.6 Å². The lowest BCUT2D eigenvalue weighted by Gasteiger charge is -2.23. The number of esters is 1. The average Bonchev–Trinajstić information content (AvgIpc) is 2.27. The zero-order valence-corrected chi connectivity index (χ0v) is 14.1. The van der Waals surface area contributed by atoms with Crippen LogP contribution in [0.2, 0.25) is 0 Å². The van der Waals surface area contributed by atoms with Gasteiger partial charge in [0.2, 0.25) is 0 Å². The van der Waals surface area contributed by atoms with Gasteiger partial charge in [-0.2, -0.15) is 0 Å². The maximum atomic E-state index is 11.6. The lowest BCUT2D eigenvalue weighted by Crippen LogP contribution is -2.23. The Morgan fingerprint density at radius 2 is 1.68 bits per heavy atom. The van der Waals surface area contributed by atoms with Gasteiger partial charge in [0, 0.05) is 0 Å². The van der Waals surface area contributed by atoms with Crippen LogP contribution in [-0.2, 0) is 9.53 Å². The zero-order valence-electron chi connectivity index (χ0n) is 14.1. The van der Waals surface area contributed by atoms with Gasteiger partial charge in [0.1, 0.15) is 0 Å². The maximum absolute atomic E-state index is 11.6. The molecule has 0 radical (unpaired) electrons. The van der Waals surface area contributed by atoms with Crippen LogP contribution >= 0.6 is 0 Å². The quantitative estimate of drug-likeness (QED) is 0.566. The standard InChI is InChI=1S/C17H34O2/c1-8-17(6,7)12-9-10-14(2)11-13-19-15(18)16(3,4)5/h14H,8-13H2,1-7H3. The number of carbonyl (C=O) groups excluding carboxylic acids is 1. The van der Waals surface area contributed by atoms with Crippen molar-refractivity contribution in [1.82, 2.24) is 0 Å². The van der Waals surface area contributed by atoms with Crippen molar-refractivity contribution in [3.63, 3.8) is 0 Å². The SMILES string of the molecule is CCC(C)(C)CCCC(C)CCOC(=O)C(C)(C)C. The third-order valence-electron chi connectivity index (χ3n) is 3.96. The maximum Gasteiger partial charge on any atom is 0.311 e. The van der Waals surface area contributed by atoms with Crippen LogP contribution in [0.1, 0.15) is 80.6 Å². The molecule has 114 valence electrons. The second kappa shape index (κ2) is 7.91. The van der Waals surface area contributed by atoms with E-state index in [0.29, 0.717) is 17.9 Å². The zero-order chi connectivity index (χ0) is 15.1. The molecule has 0 aromatic rings. The van der Waals surface area contributed by atoms with Crippen LogP contribution in [0.25, 0.3) is 0 Å². The number of hydrogen-bond donors (Lipinski definition) is 0. The summed E-state index contributed by atoms with van der Waals surface area (Å²) >= 11 is 0. The fraction of sp³-hybridized carbons (Fsp3) is 0.941. The predicted octanol–water partition coefficient (Wildman–Crippen LogP) is 5.21. The number of carbonyl (C=O) groups is 1. The first kappa shape index (κ1) is 18.5. The summed E-state index contributed by atoms with van der Waals surface area (Å²) in [5, 5.41) is 0. The van der Waals surface area contributed by atoms with Gasteiger partial charge in [-0.3, -0.25) is 4.79 Å². The molecule has 0 N–H and O–H groups in total. The highest BCUT2D eigenvalue weighted by Crippen LogP contribution is 2.28. The Bertz CT molecular complexity index is 261. The first-order valence-electron chi connectivity index (χ1n) is 7.75. The van der Waals surface area contributed by atoms with Gasteiger partial charge in [-0.05, 0) is 44.9 Å². The number of ether oxygens (including phenoxy) is 1. The van der Waals surface area contributed by atoms with E-state index in [1.807, 2.05) is 20.8 Å². The van der Waals surface area contributed by atoms with E-state index >= 15 is 0 Å². The van der Waals surface area contributed by atoms with Gasteiger partial charge in [0.05, 0.1) is 12.0 Å². The molecule has 0 rings (SSSR count). The van der Waals surface area contributed by atoms with Gasteiger partial charge in [-0.15, -0.1) is 0 Å². The van der Waals surface area contributed by atoms with Crippen LogP contribution < -0.4 is 0 Å². The highest BCUT2D eigenvalue weighted by atomic mass is 16.5. The molecule has 1 atom stereocenters. The van der Waals surface area contributed by atoms with Crippen LogP contribution in [0, 0.1) is 16.7 Å². The molecule has 0 aliphatic heterocycles. The monoisotopic (exact) mass is 270 g/mol. The Balaban J connectivity index is 3.72. The molecule has 0 heterocycles. The normalized spacial score (nSPS) is 14.3. The Kier molecular flexibility index (Phi) is 7.69. The highest BCUT2D eigenvalue weighted by Gasteiger charge is 2.23. The minimum atomic E-state index is -0.381. The molecule has 0 aliphatic carbocycles. The Morgan fingerprint density at radius 3 is 2.16 bits per heavy atom. The summed E-state index contributed by atoms with van der Waals surface area (Å²) in [7, 11) is 0. The first-order chi connectivity index (χ1) is 8.58. The molecule has 0 aromatic carbocycles. The summed E-state index contributed by atoms with van der Waals surface area (Å²) in [6, 6.07) is 0. The molecule has 0 aromatic heterocycles. The van der Waals surface area contributed by atoms with Gasteiger partial charge < -0.3 is 4.74 Å². The summed E-state index contributed by atoms with van der Waals surface area (Å²) in [5.74, 6) is 0.548. The van der Waals surface area contributed by atoms with Crippen molar-refractivity contribution in [1.29, 1.82) is 0 Å². The van der Waals surface area contributed by atoms with Gasteiger partial charge in [-0.25, -0.2) is 0 Å². The molecule has 19 heavy (non-hydrogen) atoms. The second-order valence-corrected chi connectivity index (χ2v) is 7.69. The van der Waals surface area contributed by atoms with E-state index in [0.717, 1.165) is 6.42 Å². The summed E-state index contributed by atoms with van der Waals surface area (Å²) in [6.45, 7) is 15.4. The van der Waals surface area contributed by atoms with Crippen molar-refractivity contribution in [3.8, 4) is 0 Å². The third kappa shape index (κ3) is 9.07. The fourth-order valence-corrected chi connectivity index (χ4v) is 1.82. The number of rotatable bonds is 8. The molecule has 2 heteroatoms. The summed E-state index contributed by atoms with van der Waals surface area (Å²) in [6.07, 6.45) is 6.01. The van der Waals surface area contributed by atoms with E-state index in [9.17, 15) is 4.79 Å². The van der Waals surface area contributed by atoms with E-state index in [1.165, 1.54) is 25.7 Å². The molecule has 2 nitrogen and oxygen atoms in total. The molecule has 0 spiro atoms. The lowest BCUT2D eigenvalue weighted by atomic mass is 9.83. The van der Waals surface area contributed by atoms with Crippen LogP contribution in [0.5, 0.6) is 0 Å². The lowest BCUT2D eigenvalue weighted by molar-refractivity contribution is -0.153. The number of hydrogen-bond acceptors (Lipinski definition) is 2. The molecule has 0 bridgehead atoms. The molecule has 0 amide bonds. The fourth-order valence-electron chi connectivity index (χ4n) is 1.82. The largest absolute Gasteiger partial charge is 0.465 e. The van der Waals surface area contributed by atoms with Gasteiger partial charge in [0.25, 0.3) is 0 Å². The van der Waals surface area contributed by atoms with Crippen molar-refractivity contribution < 1.29 is 9.53 Å². The molecule has 0 saturated heterocycles. The summed E-state index contributed by atoms with van der Waals surface area (Å²) < 4.78 is 5.31. The molecule has 0 fully saturated rings. The van der Waals surface area contributed by atoms with Crippen molar-refractivity contribution in [3.05, 3.63) is 0 Å². The Hall–Kier alpha value is -0.530. The van der Waals surface area contributed by atoms with Crippen LogP contribution in [0.15, 0.2) is 0 Å². The van der Waals surface area contributed by atoms with Gasteiger partial charge >= 0.3 is 5.97 Å². The van der Waals surface area contributed by atoms with Gasteiger partial charge in [-0.1, -0.05) is 47.0 Å². The molecular formula is C17H34O2. The van der Waals surface area contributed by atoms with Crippen molar-refractivity contribution in [2.75, 3.05) is 6.61 Å². The van der Waals surface area contributed by atoms with E-state index < -0.39 is 0 Å². The topological polar surface area (TPSA) is 26.3 Å². The minimum Gasteiger partial charge on any atom is -0.465 e. The summed E-state index contributed by atoms with van der Waals surface area (Å²) in [4.78, 5) is 11.6. The van der Waals surface area contributed by atoms with E-state index in [1.54, 1.807) is 0 Å². The van der Waals surface area contributed by atoms with Crippen LogP contribution in [0.3, 0.4) is 0 Å². The Labute approximate surface area is 120 Å². The van der Waals surface area contributed by atoms with Crippen molar-refractivity contribution >= 4 is 5.97 Å². The second-order valence-electron chi connectivity index (χ2n) is 7.69. The van der Waals surface area contributed by atoms with Gasteiger partial charge in [0.15, 0.2) is 0 Å². The van der Waals surface area contributed by atoms with E-state index in [-0.39, 0.29) is 11.4 Å². The Morgan fingerprint density at radius 1 is 1.11 bits per heavy atom. The summed E-state index contributed by atoms with van der Waals surface area (Å²) in [5.41, 5.74) is 0.0901. The predicted molar refractivity (Wildman–Crippen MR) is 82.1 cm³/mol. The smallest absolute Gasteiger partial charge is 0.311 e. The van der Waals surface area contributed by atoms with Crippen LogP contribution in [0.4, 0.5) is 0 Å². The van der Waals surface area contributed by atoms with Crippen LogP contribution in [-0.4, -0.2) is 12.6 Å². The van der Waals surface area contributed by atoms with E-state index in [4.69, 9.17) is 4.74 Å². The highest BCUT2D eigenvalue weighted by molar-refractivity contribution is 5.75. The first-order valence-corrected chi connectivity index (χ1v) is 7.75. The molecule has 1 unspecified atom stereocenters. The van der Waals surface area contributed by atoms with E-state index in [2.05, 4.69) is 27.7 Å². The molecule has 0 saturated carbocycles. The van der Waals surface area contributed by atoms with Crippen molar-refractivity contribution in [2.24, 2.45) is 16.7 Å². The minimum absolute atomic E-state index is 0.0909. The molecular weight excluding hydrogens is 236 g/mol. The average molecular weight is 270 g/mol. The third-order valence-corrected chi connectivity index (χ3v) is 3.96. The molecule has 0 aliphatic rings.